The van der Waals surface area contributed by atoms with E-state index in [2.05, 4.69) is 10.6 Å². The monoisotopic (exact) mass is 442 g/mol. The van der Waals surface area contributed by atoms with Gasteiger partial charge in [-0.25, -0.2) is 4.79 Å². The molecule has 2 amide bonds. The first-order valence-corrected chi connectivity index (χ1v) is 10.4. The molecule has 2 N–H and O–H groups in total. The van der Waals surface area contributed by atoms with Gasteiger partial charge in [-0.1, -0.05) is 35.9 Å². The van der Waals surface area contributed by atoms with Crippen molar-refractivity contribution in [3.8, 4) is 0 Å². The molecule has 0 aliphatic carbocycles. The van der Waals surface area contributed by atoms with Crippen molar-refractivity contribution in [1.82, 2.24) is 5.32 Å². The van der Waals surface area contributed by atoms with Crippen LogP contribution in [0, 0.1) is 0 Å². The number of hydrogen-bond donors (Lipinski definition) is 2. The largest absolute Gasteiger partial charge is 0.449 e. The molecule has 0 saturated heterocycles. The summed E-state index contributed by atoms with van der Waals surface area (Å²) in [6, 6.07) is 16.9. The van der Waals surface area contributed by atoms with Gasteiger partial charge in [0.05, 0.1) is 10.4 Å². The fourth-order valence-electron chi connectivity index (χ4n) is 2.54. The third-order valence-corrected chi connectivity index (χ3v) is 5.42. The molecule has 1 aromatic heterocycles. The van der Waals surface area contributed by atoms with Crippen LogP contribution >= 0.6 is 22.9 Å². The van der Waals surface area contributed by atoms with Crippen molar-refractivity contribution >= 4 is 46.4 Å². The van der Waals surface area contributed by atoms with Crippen LogP contribution in [-0.4, -0.2) is 23.9 Å². The molecule has 0 bridgehead atoms. The summed E-state index contributed by atoms with van der Waals surface area (Å²) in [5.41, 5.74) is 1.59. The van der Waals surface area contributed by atoms with E-state index in [0.29, 0.717) is 15.6 Å². The topological polar surface area (TPSA) is 84.5 Å². The highest BCUT2D eigenvalue weighted by Crippen LogP contribution is 2.16. The number of carbonyl (C=O) groups excluding carboxylic acids is 3. The van der Waals surface area contributed by atoms with Crippen LogP contribution < -0.4 is 10.6 Å². The smallest absolute Gasteiger partial charge is 0.338 e. The highest BCUT2D eigenvalue weighted by Gasteiger charge is 2.19. The summed E-state index contributed by atoms with van der Waals surface area (Å²) < 4.78 is 5.23. The van der Waals surface area contributed by atoms with Crippen LogP contribution in [-0.2, 0) is 16.1 Å². The molecule has 0 fully saturated rings. The predicted octanol–water partition coefficient (Wildman–Crippen LogP) is 4.52. The van der Waals surface area contributed by atoms with Crippen LogP contribution in [0.4, 0.5) is 5.69 Å². The predicted molar refractivity (Wildman–Crippen MR) is 117 cm³/mol. The number of carbonyl (C=O) groups is 3. The minimum atomic E-state index is -0.974. The molecule has 0 aliphatic rings. The Kier molecular flexibility index (Phi) is 7.21. The molecule has 8 heteroatoms. The molecule has 1 heterocycles. The van der Waals surface area contributed by atoms with Crippen molar-refractivity contribution in [2.75, 3.05) is 5.32 Å². The Bertz CT molecular complexity index is 1040. The molecule has 1 unspecified atom stereocenters. The number of benzene rings is 2. The van der Waals surface area contributed by atoms with Crippen molar-refractivity contribution in [3.63, 3.8) is 0 Å². The summed E-state index contributed by atoms with van der Waals surface area (Å²) in [5.74, 6) is -1.28. The molecule has 3 aromatic rings. The zero-order valence-corrected chi connectivity index (χ0v) is 17.6. The number of hydrogen-bond acceptors (Lipinski definition) is 5. The minimum absolute atomic E-state index is 0.218. The first-order valence-electron chi connectivity index (χ1n) is 9.11. The van der Waals surface area contributed by atoms with E-state index >= 15 is 0 Å². The number of esters is 1. The number of rotatable bonds is 7. The summed E-state index contributed by atoms with van der Waals surface area (Å²) >= 11 is 7.40. The zero-order valence-electron chi connectivity index (χ0n) is 16.1. The molecule has 0 aliphatic heterocycles. The van der Waals surface area contributed by atoms with Gasteiger partial charge in [0.1, 0.15) is 0 Å². The van der Waals surface area contributed by atoms with E-state index in [1.54, 1.807) is 42.5 Å². The van der Waals surface area contributed by atoms with Crippen LogP contribution in [0.15, 0.2) is 66.0 Å². The third kappa shape index (κ3) is 5.68. The average molecular weight is 443 g/mol. The maximum absolute atomic E-state index is 12.3. The molecule has 1 atom stereocenters. The van der Waals surface area contributed by atoms with E-state index in [1.165, 1.54) is 30.4 Å². The lowest BCUT2D eigenvalue weighted by atomic mass is 10.2. The number of amides is 2. The van der Waals surface area contributed by atoms with Gasteiger partial charge < -0.3 is 15.4 Å². The third-order valence-electron chi connectivity index (χ3n) is 4.19. The summed E-state index contributed by atoms with van der Waals surface area (Å²) in [6.07, 6.45) is -0.974. The van der Waals surface area contributed by atoms with E-state index in [4.69, 9.17) is 16.3 Å². The molecule has 30 heavy (non-hydrogen) atoms. The van der Waals surface area contributed by atoms with Crippen LogP contribution in [0.2, 0.25) is 5.02 Å². The van der Waals surface area contributed by atoms with Gasteiger partial charge in [0, 0.05) is 17.3 Å². The van der Waals surface area contributed by atoms with Gasteiger partial charge >= 0.3 is 5.97 Å². The Labute approximate surface area is 182 Å². The highest BCUT2D eigenvalue weighted by atomic mass is 35.5. The summed E-state index contributed by atoms with van der Waals surface area (Å²) in [6.45, 7) is 1.73. The molecule has 0 radical (unpaired) electrons. The van der Waals surface area contributed by atoms with E-state index in [0.717, 1.165) is 5.56 Å². The van der Waals surface area contributed by atoms with E-state index < -0.39 is 18.0 Å². The summed E-state index contributed by atoms with van der Waals surface area (Å²) in [4.78, 5) is 37.2. The second-order valence-corrected chi connectivity index (χ2v) is 7.72. The van der Waals surface area contributed by atoms with Crippen molar-refractivity contribution in [3.05, 3.63) is 87.1 Å². The fourth-order valence-corrected chi connectivity index (χ4v) is 3.36. The molecule has 0 spiro atoms. The van der Waals surface area contributed by atoms with Gasteiger partial charge in [0.25, 0.3) is 11.8 Å². The zero-order chi connectivity index (χ0) is 21.5. The molecule has 154 valence electrons. The second-order valence-electron chi connectivity index (χ2n) is 6.37. The number of thiophene rings is 1. The van der Waals surface area contributed by atoms with Crippen LogP contribution in [0.1, 0.15) is 32.5 Å². The lowest BCUT2D eigenvalue weighted by molar-refractivity contribution is -0.129. The van der Waals surface area contributed by atoms with E-state index in [9.17, 15) is 14.4 Å². The molecular formula is C22H19ClN2O4S. The number of ether oxygens (including phenoxy) is 1. The highest BCUT2D eigenvalue weighted by molar-refractivity contribution is 7.12. The Morgan fingerprint density at radius 3 is 2.43 bits per heavy atom. The SMILES string of the molecule is CC(OC(=O)c1ccc(NC(=O)c2cccs2)cc1)C(=O)NCc1ccccc1Cl. The van der Waals surface area contributed by atoms with Crippen molar-refractivity contribution in [1.29, 1.82) is 0 Å². The number of nitrogens with one attached hydrogen (secondary N) is 2. The normalized spacial score (nSPS) is 11.4. The van der Waals surface area contributed by atoms with Gasteiger partial charge in [-0.05, 0) is 54.3 Å². The minimum Gasteiger partial charge on any atom is -0.449 e. The Balaban J connectivity index is 1.51. The Morgan fingerprint density at radius 1 is 1.03 bits per heavy atom. The second kappa shape index (κ2) is 10.0. The summed E-state index contributed by atoms with van der Waals surface area (Å²) in [7, 11) is 0. The van der Waals surface area contributed by atoms with Crippen LogP contribution in [0.25, 0.3) is 0 Å². The Morgan fingerprint density at radius 2 is 1.77 bits per heavy atom. The number of anilines is 1. The Hall–Kier alpha value is -3.16. The molecule has 2 aromatic carbocycles. The van der Waals surface area contributed by atoms with Gasteiger partial charge in [-0.3, -0.25) is 9.59 Å². The molecule has 0 saturated carbocycles. The average Bonchev–Trinajstić information content (AvgIpc) is 3.28. The first-order chi connectivity index (χ1) is 14.4. The molecule has 3 rings (SSSR count). The van der Waals surface area contributed by atoms with E-state index in [1.807, 2.05) is 11.4 Å². The van der Waals surface area contributed by atoms with Gasteiger partial charge in [-0.15, -0.1) is 11.3 Å². The standard InChI is InChI=1S/C22H19ClN2O4S/c1-14(20(26)24-13-16-5-2-3-6-18(16)23)29-22(28)15-8-10-17(11-9-15)25-21(27)19-7-4-12-30-19/h2-12,14H,13H2,1H3,(H,24,26)(H,25,27). The molecule has 6 nitrogen and oxygen atoms in total. The lowest BCUT2D eigenvalue weighted by Crippen LogP contribution is -2.35. The fraction of sp³-hybridized carbons (Fsp3) is 0.136. The maximum atomic E-state index is 12.3. The summed E-state index contributed by atoms with van der Waals surface area (Å²) in [5, 5.41) is 7.81. The van der Waals surface area contributed by atoms with Gasteiger partial charge in [-0.2, -0.15) is 0 Å². The maximum Gasteiger partial charge on any atom is 0.338 e. The molecular weight excluding hydrogens is 424 g/mol. The van der Waals surface area contributed by atoms with Gasteiger partial charge in [0.15, 0.2) is 6.10 Å². The van der Waals surface area contributed by atoms with E-state index in [-0.39, 0.29) is 18.0 Å². The van der Waals surface area contributed by atoms with Crippen LogP contribution in [0.3, 0.4) is 0 Å². The van der Waals surface area contributed by atoms with Crippen molar-refractivity contribution in [2.24, 2.45) is 0 Å². The van der Waals surface area contributed by atoms with Crippen LogP contribution in [0.5, 0.6) is 0 Å². The quantitative estimate of drug-likeness (QED) is 0.527. The van der Waals surface area contributed by atoms with Crippen molar-refractivity contribution in [2.45, 2.75) is 19.6 Å². The van der Waals surface area contributed by atoms with Gasteiger partial charge in [0.2, 0.25) is 0 Å². The lowest BCUT2D eigenvalue weighted by Gasteiger charge is -2.14. The number of halogens is 1. The first kappa shape index (κ1) is 21.5. The van der Waals surface area contributed by atoms with Crippen molar-refractivity contribution < 1.29 is 19.1 Å².